The van der Waals surface area contributed by atoms with Crippen LogP contribution in [-0.4, -0.2) is 85.1 Å². The van der Waals surface area contributed by atoms with Gasteiger partial charge in [-0.1, -0.05) is 0 Å². The maximum absolute atomic E-state index is 9.99. The molecule has 0 heterocycles. The average Bonchev–Trinajstić information content (AvgIpc) is 1.82. The Hall–Kier alpha value is 0.496. The van der Waals surface area contributed by atoms with Gasteiger partial charge in [-0.25, -0.2) is 0 Å². The molecule has 67 valence electrons. The number of nitrogens with two attached hydrogens (primary N) is 1. The molecule has 0 spiro atoms. The number of aliphatic carboxylic acids is 2. The zero-order valence-electron chi connectivity index (χ0n) is 6.78. The van der Waals surface area contributed by atoms with Crippen LogP contribution in [0.25, 0.3) is 0 Å². The second kappa shape index (κ2) is 9.58. The Morgan fingerprint density at radius 1 is 1.33 bits per heavy atom. The Morgan fingerprint density at radius 2 is 1.75 bits per heavy atom. The largest absolute Gasteiger partial charge is 0.481 e. The fourth-order valence-corrected chi connectivity index (χ4v) is 0.402. The predicted molar refractivity (Wildman–Crippen MR) is 41.8 cm³/mol. The molecular formula is C5H11KNO5. The van der Waals surface area contributed by atoms with Crippen LogP contribution in [0, 0.1) is 0 Å². The van der Waals surface area contributed by atoms with Crippen LogP contribution in [0.4, 0.5) is 0 Å². The van der Waals surface area contributed by atoms with Gasteiger partial charge >= 0.3 is 11.9 Å². The van der Waals surface area contributed by atoms with Crippen LogP contribution < -0.4 is 5.73 Å². The van der Waals surface area contributed by atoms with Gasteiger partial charge in [0.05, 0.1) is 0 Å². The molecule has 12 heavy (non-hydrogen) atoms. The first-order valence-electron chi connectivity index (χ1n) is 2.74. The second-order valence-electron chi connectivity index (χ2n) is 1.88. The fraction of sp³-hybridized carbons (Fsp3) is 0.600. The van der Waals surface area contributed by atoms with E-state index in [2.05, 4.69) is 0 Å². The quantitative estimate of drug-likeness (QED) is 0.458. The first-order chi connectivity index (χ1) is 4.54. The van der Waals surface area contributed by atoms with Crippen molar-refractivity contribution in [3.05, 3.63) is 0 Å². The van der Waals surface area contributed by atoms with Gasteiger partial charge in [0.2, 0.25) is 0 Å². The summed E-state index contributed by atoms with van der Waals surface area (Å²) < 4.78 is 0. The number of hydrogen-bond donors (Lipinski definition) is 3. The van der Waals surface area contributed by atoms with Gasteiger partial charge in [-0.15, -0.1) is 0 Å². The number of rotatable bonds is 4. The molecule has 0 fully saturated rings. The Labute approximate surface area is 112 Å². The molecule has 1 atom stereocenters. The Balaban J connectivity index is -0.000000405. The van der Waals surface area contributed by atoms with Gasteiger partial charge in [-0.2, -0.15) is 0 Å². The third kappa shape index (κ3) is 10.5. The minimum absolute atomic E-state index is 0. The zero-order valence-corrected chi connectivity index (χ0v) is 9.90. The van der Waals surface area contributed by atoms with Gasteiger partial charge in [0.25, 0.3) is 0 Å². The first kappa shape index (κ1) is 18.3. The molecule has 6 N–H and O–H groups in total. The summed E-state index contributed by atoms with van der Waals surface area (Å²) in [6.07, 6.45) is -0.224. The Morgan fingerprint density at radius 3 is 2.00 bits per heavy atom. The standard InChI is InChI=1S/C5H9NO4.K.H2O/c6-3(5(9)10)1-2-4(7)8;;/h3H,1-2,6H2,(H,7,8)(H,9,10);;1H2/t3-;;/m0../s1. The number of carboxylic acids is 2. The van der Waals surface area contributed by atoms with E-state index >= 15 is 0 Å². The molecule has 0 rings (SSSR count). The van der Waals surface area contributed by atoms with Crippen LogP contribution in [-0.2, 0) is 9.59 Å². The van der Waals surface area contributed by atoms with E-state index in [1.54, 1.807) is 0 Å². The number of carbonyl (C=O) groups is 2. The molecular weight excluding hydrogens is 193 g/mol. The first-order valence-corrected chi connectivity index (χ1v) is 2.74. The summed E-state index contributed by atoms with van der Waals surface area (Å²) in [6, 6.07) is -1.06. The molecule has 1 radical (unpaired) electrons. The van der Waals surface area contributed by atoms with Crippen LogP contribution in [0.1, 0.15) is 12.8 Å². The summed E-state index contributed by atoms with van der Waals surface area (Å²) in [5.41, 5.74) is 5.00. The predicted octanol–water partition coefficient (Wildman–Crippen LogP) is -1.94. The van der Waals surface area contributed by atoms with Crippen molar-refractivity contribution in [3.63, 3.8) is 0 Å². The molecule has 0 aromatic carbocycles. The average molecular weight is 204 g/mol. The normalized spacial score (nSPS) is 10.4. The minimum atomic E-state index is -1.17. The molecule has 0 bridgehead atoms. The summed E-state index contributed by atoms with van der Waals surface area (Å²) in [7, 11) is 0. The van der Waals surface area contributed by atoms with Crippen molar-refractivity contribution in [2.24, 2.45) is 5.73 Å². The Bertz CT molecular complexity index is 151. The van der Waals surface area contributed by atoms with Gasteiger partial charge in [-0.3, -0.25) is 9.59 Å². The van der Waals surface area contributed by atoms with Crippen molar-refractivity contribution >= 4 is 63.3 Å². The van der Waals surface area contributed by atoms with E-state index in [1.165, 1.54) is 0 Å². The van der Waals surface area contributed by atoms with E-state index < -0.39 is 18.0 Å². The van der Waals surface area contributed by atoms with Gasteiger partial charge in [0.15, 0.2) is 0 Å². The fourth-order valence-electron chi connectivity index (χ4n) is 0.402. The number of carboxylic acid groups (broad SMARTS) is 2. The molecule has 7 heteroatoms. The third-order valence-electron chi connectivity index (χ3n) is 0.986. The molecule has 0 aliphatic carbocycles. The van der Waals surface area contributed by atoms with E-state index in [0.717, 1.165) is 0 Å². The summed E-state index contributed by atoms with van der Waals surface area (Å²) >= 11 is 0. The maximum atomic E-state index is 9.99. The smallest absolute Gasteiger partial charge is 0.320 e. The summed E-state index contributed by atoms with van der Waals surface area (Å²) in [6.45, 7) is 0. The van der Waals surface area contributed by atoms with E-state index in [-0.39, 0.29) is 69.7 Å². The summed E-state index contributed by atoms with van der Waals surface area (Å²) in [5, 5.41) is 16.3. The zero-order chi connectivity index (χ0) is 8.15. The molecule has 0 aromatic heterocycles. The van der Waals surface area contributed by atoms with E-state index in [9.17, 15) is 9.59 Å². The van der Waals surface area contributed by atoms with Crippen molar-refractivity contribution in [1.82, 2.24) is 0 Å². The van der Waals surface area contributed by atoms with Gasteiger partial charge < -0.3 is 21.4 Å². The second-order valence-corrected chi connectivity index (χ2v) is 1.88. The maximum Gasteiger partial charge on any atom is 0.320 e. The van der Waals surface area contributed by atoms with Crippen LogP contribution in [0.2, 0.25) is 0 Å². The van der Waals surface area contributed by atoms with Crippen LogP contribution >= 0.6 is 0 Å². The van der Waals surface area contributed by atoms with Crippen molar-refractivity contribution in [2.45, 2.75) is 18.9 Å². The monoisotopic (exact) mass is 204 g/mol. The van der Waals surface area contributed by atoms with Gasteiger partial charge in [0.1, 0.15) is 6.04 Å². The summed E-state index contributed by atoms with van der Waals surface area (Å²) in [5.74, 6) is -2.20. The Kier molecular flexibility index (Phi) is 14.6. The topological polar surface area (TPSA) is 132 Å². The molecule has 0 saturated carbocycles. The van der Waals surface area contributed by atoms with Gasteiger partial charge in [0, 0.05) is 57.8 Å². The van der Waals surface area contributed by atoms with E-state index in [1.807, 2.05) is 0 Å². The third-order valence-corrected chi connectivity index (χ3v) is 0.986. The molecule has 6 nitrogen and oxygen atoms in total. The van der Waals surface area contributed by atoms with Crippen molar-refractivity contribution in [2.75, 3.05) is 0 Å². The molecule has 0 saturated heterocycles. The van der Waals surface area contributed by atoms with E-state index in [4.69, 9.17) is 15.9 Å². The van der Waals surface area contributed by atoms with Gasteiger partial charge in [-0.05, 0) is 6.42 Å². The van der Waals surface area contributed by atoms with Crippen LogP contribution in [0.15, 0.2) is 0 Å². The SMILES string of the molecule is N[C@@H](CCC(=O)O)C(=O)O.O.[K]. The number of hydrogen-bond acceptors (Lipinski definition) is 3. The molecule has 0 unspecified atom stereocenters. The van der Waals surface area contributed by atoms with Crippen molar-refractivity contribution in [3.8, 4) is 0 Å². The molecule has 0 aromatic rings. The van der Waals surface area contributed by atoms with E-state index in [0.29, 0.717) is 0 Å². The van der Waals surface area contributed by atoms with Crippen LogP contribution in [0.3, 0.4) is 0 Å². The minimum Gasteiger partial charge on any atom is -0.481 e. The summed E-state index contributed by atoms with van der Waals surface area (Å²) in [4.78, 5) is 19.9. The van der Waals surface area contributed by atoms with Crippen LogP contribution in [0.5, 0.6) is 0 Å². The van der Waals surface area contributed by atoms with Crippen molar-refractivity contribution in [1.29, 1.82) is 0 Å². The van der Waals surface area contributed by atoms with Crippen molar-refractivity contribution < 1.29 is 25.3 Å². The molecule has 0 amide bonds. The molecule has 0 aliphatic rings. The molecule has 0 aliphatic heterocycles.